The van der Waals surface area contributed by atoms with E-state index in [1.165, 1.54) is 0 Å². The van der Waals surface area contributed by atoms with Crippen LogP contribution in [-0.2, 0) is 20.1 Å². The van der Waals surface area contributed by atoms with E-state index < -0.39 is 11.5 Å². The summed E-state index contributed by atoms with van der Waals surface area (Å²) in [5, 5.41) is 14.9. The van der Waals surface area contributed by atoms with Crippen LogP contribution in [0.2, 0.25) is 0 Å². The highest BCUT2D eigenvalue weighted by atomic mass is 32.2. The number of thiazole rings is 1. The number of carbonyl (C=O) groups excluding carboxylic acids is 1. The molecule has 0 bridgehead atoms. The molecule has 1 aliphatic rings. The van der Waals surface area contributed by atoms with Gasteiger partial charge in [-0.25, -0.2) is 9.78 Å². The Kier molecular flexibility index (Phi) is 5.60. The molecule has 1 aliphatic heterocycles. The fraction of sp³-hybridized carbons (Fsp3) is 0.615. The van der Waals surface area contributed by atoms with Gasteiger partial charge in [-0.1, -0.05) is 0 Å². The van der Waals surface area contributed by atoms with Crippen LogP contribution in [0, 0.1) is 6.92 Å². The van der Waals surface area contributed by atoms with Crippen molar-refractivity contribution < 1.29 is 19.4 Å². The van der Waals surface area contributed by atoms with Crippen molar-refractivity contribution in [1.29, 1.82) is 0 Å². The molecule has 1 unspecified atom stereocenters. The van der Waals surface area contributed by atoms with E-state index in [1.54, 1.807) is 23.1 Å². The SMILES string of the molecule is Cc1nc(CSCCC(=O)NC2(C(=O)O)CCOC2)cs1. The van der Waals surface area contributed by atoms with Gasteiger partial charge >= 0.3 is 5.97 Å². The molecule has 6 nitrogen and oxygen atoms in total. The minimum Gasteiger partial charge on any atom is -0.479 e. The molecule has 8 heteroatoms. The Bertz CT molecular complexity index is 512. The number of hydrogen-bond acceptors (Lipinski definition) is 6. The van der Waals surface area contributed by atoms with Gasteiger partial charge in [0, 0.05) is 36.3 Å². The van der Waals surface area contributed by atoms with Crippen molar-refractivity contribution in [2.24, 2.45) is 0 Å². The Balaban J connectivity index is 1.71. The molecule has 0 aromatic carbocycles. The topological polar surface area (TPSA) is 88.5 Å². The first-order chi connectivity index (χ1) is 10.0. The number of hydrogen-bond donors (Lipinski definition) is 2. The monoisotopic (exact) mass is 330 g/mol. The van der Waals surface area contributed by atoms with E-state index in [0.717, 1.165) is 16.5 Å². The van der Waals surface area contributed by atoms with Crippen molar-refractivity contribution >= 4 is 35.0 Å². The van der Waals surface area contributed by atoms with Crippen molar-refractivity contribution in [3.05, 3.63) is 16.1 Å². The number of aryl methyl sites for hydroxylation is 1. The van der Waals surface area contributed by atoms with Crippen molar-refractivity contribution in [3.63, 3.8) is 0 Å². The molecule has 1 aromatic heterocycles. The van der Waals surface area contributed by atoms with Gasteiger partial charge in [-0.15, -0.1) is 11.3 Å². The van der Waals surface area contributed by atoms with E-state index in [1.807, 2.05) is 12.3 Å². The smallest absolute Gasteiger partial charge is 0.331 e. The predicted octanol–water partition coefficient (Wildman–Crippen LogP) is 1.43. The van der Waals surface area contributed by atoms with E-state index in [0.29, 0.717) is 25.2 Å². The Morgan fingerprint density at radius 3 is 3.00 bits per heavy atom. The number of thioether (sulfide) groups is 1. The maximum atomic E-state index is 11.9. The zero-order valence-electron chi connectivity index (χ0n) is 11.8. The Morgan fingerprint density at radius 2 is 2.43 bits per heavy atom. The van der Waals surface area contributed by atoms with E-state index in [2.05, 4.69) is 10.3 Å². The minimum atomic E-state index is -1.24. The van der Waals surface area contributed by atoms with Gasteiger partial charge in [-0.05, 0) is 6.92 Å². The summed E-state index contributed by atoms with van der Waals surface area (Å²) < 4.78 is 5.10. The lowest BCUT2D eigenvalue weighted by Crippen LogP contribution is -2.55. The molecule has 2 rings (SSSR count). The fourth-order valence-electron chi connectivity index (χ4n) is 2.03. The van der Waals surface area contributed by atoms with Crippen LogP contribution >= 0.6 is 23.1 Å². The molecule has 1 saturated heterocycles. The summed E-state index contributed by atoms with van der Waals surface area (Å²) in [6.07, 6.45) is 0.613. The summed E-state index contributed by atoms with van der Waals surface area (Å²) in [6.45, 7) is 2.37. The van der Waals surface area contributed by atoms with Gasteiger partial charge in [0.1, 0.15) is 0 Å². The molecule has 2 N–H and O–H groups in total. The molecule has 0 spiro atoms. The van der Waals surface area contributed by atoms with E-state index in [-0.39, 0.29) is 12.5 Å². The van der Waals surface area contributed by atoms with Crippen molar-refractivity contribution in [1.82, 2.24) is 10.3 Å². The average molecular weight is 330 g/mol. The number of aliphatic carboxylic acids is 1. The third-order valence-electron chi connectivity index (χ3n) is 3.20. The number of nitrogens with zero attached hydrogens (tertiary/aromatic N) is 1. The number of amides is 1. The zero-order valence-corrected chi connectivity index (χ0v) is 13.4. The zero-order chi connectivity index (χ0) is 15.3. The van der Waals surface area contributed by atoms with Gasteiger partial charge in [0.25, 0.3) is 0 Å². The molecule has 2 heterocycles. The Morgan fingerprint density at radius 1 is 1.62 bits per heavy atom. The van der Waals surface area contributed by atoms with Crippen LogP contribution in [-0.4, -0.2) is 46.5 Å². The van der Waals surface area contributed by atoms with Crippen LogP contribution in [0.3, 0.4) is 0 Å². The highest BCUT2D eigenvalue weighted by Crippen LogP contribution is 2.20. The minimum absolute atomic E-state index is 0.0410. The van der Waals surface area contributed by atoms with Crippen LogP contribution in [0.25, 0.3) is 0 Å². The lowest BCUT2D eigenvalue weighted by atomic mass is 9.99. The maximum Gasteiger partial charge on any atom is 0.331 e. The maximum absolute atomic E-state index is 11.9. The first-order valence-corrected chi connectivity index (χ1v) is 8.66. The quantitative estimate of drug-likeness (QED) is 0.735. The van der Waals surface area contributed by atoms with E-state index in [9.17, 15) is 14.7 Å². The number of nitrogens with one attached hydrogen (secondary N) is 1. The summed E-state index contributed by atoms with van der Waals surface area (Å²) in [4.78, 5) is 27.5. The van der Waals surface area contributed by atoms with Gasteiger partial charge in [0.2, 0.25) is 5.91 Å². The second-order valence-electron chi connectivity index (χ2n) is 4.90. The highest BCUT2D eigenvalue weighted by molar-refractivity contribution is 7.98. The van der Waals surface area contributed by atoms with Gasteiger partial charge in [-0.2, -0.15) is 11.8 Å². The number of carbonyl (C=O) groups is 2. The van der Waals surface area contributed by atoms with Gasteiger partial charge in [-0.3, -0.25) is 4.79 Å². The van der Waals surface area contributed by atoms with Crippen LogP contribution < -0.4 is 5.32 Å². The van der Waals surface area contributed by atoms with Crippen molar-refractivity contribution in [3.8, 4) is 0 Å². The molecule has 21 heavy (non-hydrogen) atoms. The lowest BCUT2D eigenvalue weighted by Gasteiger charge is -2.23. The van der Waals surface area contributed by atoms with Crippen molar-refractivity contribution in [2.75, 3.05) is 19.0 Å². The third kappa shape index (κ3) is 4.42. The van der Waals surface area contributed by atoms with Gasteiger partial charge in [0.15, 0.2) is 5.54 Å². The molecule has 1 atom stereocenters. The first-order valence-electron chi connectivity index (χ1n) is 6.63. The summed E-state index contributed by atoms with van der Waals surface area (Å²) >= 11 is 3.23. The fourth-order valence-corrected chi connectivity index (χ4v) is 3.58. The number of rotatable bonds is 7. The molecule has 116 valence electrons. The molecule has 0 aliphatic carbocycles. The van der Waals surface area contributed by atoms with Gasteiger partial charge < -0.3 is 15.2 Å². The van der Waals surface area contributed by atoms with Crippen molar-refractivity contribution in [2.45, 2.75) is 31.1 Å². The molecule has 1 aromatic rings. The summed E-state index contributed by atoms with van der Waals surface area (Å²) in [5.74, 6) is 0.132. The average Bonchev–Trinajstić information content (AvgIpc) is 3.05. The highest BCUT2D eigenvalue weighted by Gasteiger charge is 2.43. The normalized spacial score (nSPS) is 21.4. The summed E-state index contributed by atoms with van der Waals surface area (Å²) in [5.41, 5.74) is -0.220. The molecule has 1 amide bonds. The Hall–Kier alpha value is -1.12. The largest absolute Gasteiger partial charge is 0.479 e. The summed E-state index contributed by atoms with van der Waals surface area (Å²) in [6, 6.07) is 0. The number of carboxylic acid groups (broad SMARTS) is 1. The third-order valence-corrected chi connectivity index (χ3v) is 5.01. The second kappa shape index (κ2) is 7.24. The molecule has 0 radical (unpaired) electrons. The van der Waals surface area contributed by atoms with Crippen LogP contribution in [0.1, 0.15) is 23.5 Å². The van der Waals surface area contributed by atoms with Gasteiger partial charge in [0.05, 0.1) is 17.3 Å². The standard InChI is InChI=1S/C13H18N2O4S2/c1-9-14-10(7-21-9)6-20-5-2-11(16)15-13(12(17)18)3-4-19-8-13/h7H,2-6,8H2,1H3,(H,15,16)(H,17,18). The second-order valence-corrected chi connectivity index (χ2v) is 7.07. The predicted molar refractivity (Wildman–Crippen MR) is 81.6 cm³/mol. The number of aromatic nitrogens is 1. The van der Waals surface area contributed by atoms with Crippen LogP contribution in [0.15, 0.2) is 5.38 Å². The molecular weight excluding hydrogens is 312 g/mol. The molecule has 1 fully saturated rings. The molecular formula is C13H18N2O4S2. The van der Waals surface area contributed by atoms with Crippen LogP contribution in [0.4, 0.5) is 0 Å². The first kappa shape index (κ1) is 16.3. The summed E-state index contributed by atoms with van der Waals surface area (Å²) in [7, 11) is 0. The lowest BCUT2D eigenvalue weighted by molar-refractivity contribution is -0.147. The van der Waals surface area contributed by atoms with E-state index >= 15 is 0 Å². The Labute approximate surface area is 131 Å². The van der Waals surface area contributed by atoms with E-state index in [4.69, 9.17) is 4.74 Å². The molecule has 0 saturated carbocycles. The van der Waals surface area contributed by atoms with Crippen LogP contribution in [0.5, 0.6) is 0 Å². The number of carboxylic acids is 1. The number of ether oxygens (including phenoxy) is 1.